The predicted octanol–water partition coefficient (Wildman–Crippen LogP) is 1.87. The van der Waals surface area contributed by atoms with E-state index in [0.29, 0.717) is 18.1 Å². The summed E-state index contributed by atoms with van der Waals surface area (Å²) in [6.45, 7) is 0.595. The zero-order chi connectivity index (χ0) is 16.8. The third-order valence-corrected chi connectivity index (χ3v) is 3.59. The molecule has 0 bridgehead atoms. The SMILES string of the molecule is NCCCc1ccc(OCC(=O)Nc2n[nH]c3cnccc23)cc1. The van der Waals surface area contributed by atoms with E-state index in [9.17, 15) is 4.79 Å². The van der Waals surface area contributed by atoms with Gasteiger partial charge in [0.1, 0.15) is 5.75 Å². The number of H-pyrrole nitrogens is 1. The molecule has 1 amide bonds. The number of hydrogen-bond acceptors (Lipinski definition) is 5. The van der Waals surface area contributed by atoms with Crippen molar-refractivity contribution in [1.82, 2.24) is 15.2 Å². The molecule has 4 N–H and O–H groups in total. The number of carbonyl (C=O) groups is 1. The van der Waals surface area contributed by atoms with Crippen LogP contribution in [-0.4, -0.2) is 34.2 Å². The highest BCUT2D eigenvalue weighted by molar-refractivity contribution is 5.99. The molecule has 124 valence electrons. The molecule has 2 aromatic heterocycles. The van der Waals surface area contributed by atoms with Gasteiger partial charge in [-0.3, -0.25) is 14.9 Å². The second-order valence-electron chi connectivity index (χ2n) is 5.37. The monoisotopic (exact) mass is 325 g/mol. The number of anilines is 1. The smallest absolute Gasteiger partial charge is 0.263 e. The van der Waals surface area contributed by atoms with Crippen LogP contribution in [0.3, 0.4) is 0 Å². The summed E-state index contributed by atoms with van der Waals surface area (Å²) in [7, 11) is 0. The lowest BCUT2D eigenvalue weighted by molar-refractivity contribution is -0.118. The lowest BCUT2D eigenvalue weighted by Crippen LogP contribution is -2.20. The number of carbonyl (C=O) groups excluding carboxylic acids is 1. The quantitative estimate of drug-likeness (QED) is 0.615. The molecule has 0 aliphatic carbocycles. The van der Waals surface area contributed by atoms with Gasteiger partial charge in [0.25, 0.3) is 5.91 Å². The van der Waals surface area contributed by atoms with Crippen molar-refractivity contribution in [3.8, 4) is 5.75 Å². The Labute approximate surface area is 139 Å². The number of aromatic nitrogens is 3. The fourth-order valence-corrected chi connectivity index (χ4v) is 2.34. The van der Waals surface area contributed by atoms with E-state index in [4.69, 9.17) is 10.5 Å². The number of nitrogens with zero attached hydrogens (tertiary/aromatic N) is 2. The topological polar surface area (TPSA) is 106 Å². The number of benzene rings is 1. The molecule has 0 radical (unpaired) electrons. The van der Waals surface area contributed by atoms with Crippen molar-refractivity contribution >= 4 is 22.6 Å². The van der Waals surface area contributed by atoms with E-state index in [0.717, 1.165) is 23.7 Å². The number of ether oxygens (including phenoxy) is 1. The van der Waals surface area contributed by atoms with Crippen LogP contribution in [-0.2, 0) is 11.2 Å². The van der Waals surface area contributed by atoms with Crippen LogP contribution in [0.25, 0.3) is 10.9 Å². The maximum atomic E-state index is 12.0. The Kier molecular flexibility index (Phi) is 5.02. The Hall–Kier alpha value is -2.93. The number of fused-ring (bicyclic) bond motifs is 1. The molecule has 2 heterocycles. The van der Waals surface area contributed by atoms with Crippen LogP contribution in [0.5, 0.6) is 5.75 Å². The molecule has 7 nitrogen and oxygen atoms in total. The fourth-order valence-electron chi connectivity index (χ4n) is 2.34. The summed E-state index contributed by atoms with van der Waals surface area (Å²) in [5, 5.41) is 10.4. The number of rotatable bonds is 7. The van der Waals surface area contributed by atoms with Crippen molar-refractivity contribution in [2.24, 2.45) is 5.73 Å². The van der Waals surface area contributed by atoms with Crippen molar-refractivity contribution in [3.63, 3.8) is 0 Å². The fraction of sp³-hybridized carbons (Fsp3) is 0.235. The summed E-state index contributed by atoms with van der Waals surface area (Å²) < 4.78 is 5.50. The Balaban J connectivity index is 1.54. The normalized spacial score (nSPS) is 10.7. The molecule has 0 saturated heterocycles. The first-order valence-corrected chi connectivity index (χ1v) is 7.76. The molecule has 0 aliphatic heterocycles. The first kappa shape index (κ1) is 15.9. The standard InChI is InChI=1S/C17H19N5O2/c18-8-1-2-12-3-5-13(6-4-12)24-11-16(23)20-17-14-7-9-19-10-15(14)21-22-17/h3-7,9-10H,1-2,8,11,18H2,(H2,20,21,22,23). The van der Waals surface area contributed by atoms with E-state index in [1.54, 1.807) is 18.5 Å². The van der Waals surface area contributed by atoms with Crippen LogP contribution in [0, 0.1) is 0 Å². The summed E-state index contributed by atoms with van der Waals surface area (Å²) in [6, 6.07) is 9.47. The molecule has 0 spiro atoms. The average Bonchev–Trinajstić information content (AvgIpc) is 3.02. The van der Waals surface area contributed by atoms with Gasteiger partial charge >= 0.3 is 0 Å². The lowest BCUT2D eigenvalue weighted by Gasteiger charge is -2.07. The van der Waals surface area contributed by atoms with Gasteiger partial charge in [-0.1, -0.05) is 12.1 Å². The number of nitrogens with one attached hydrogen (secondary N) is 2. The molecular formula is C17H19N5O2. The molecule has 1 aromatic carbocycles. The van der Waals surface area contributed by atoms with E-state index in [2.05, 4.69) is 20.5 Å². The first-order chi connectivity index (χ1) is 11.8. The van der Waals surface area contributed by atoms with Crippen molar-refractivity contribution in [1.29, 1.82) is 0 Å². The molecular weight excluding hydrogens is 306 g/mol. The highest BCUT2D eigenvalue weighted by Gasteiger charge is 2.09. The first-order valence-electron chi connectivity index (χ1n) is 7.76. The number of aromatic amines is 1. The third kappa shape index (κ3) is 3.88. The van der Waals surface area contributed by atoms with E-state index in [1.165, 1.54) is 5.56 Å². The van der Waals surface area contributed by atoms with E-state index < -0.39 is 0 Å². The Morgan fingerprint density at radius 1 is 1.25 bits per heavy atom. The van der Waals surface area contributed by atoms with E-state index >= 15 is 0 Å². The number of nitrogens with two attached hydrogens (primary N) is 1. The maximum absolute atomic E-state index is 12.0. The van der Waals surface area contributed by atoms with Gasteiger partial charge in [0, 0.05) is 11.6 Å². The van der Waals surface area contributed by atoms with Gasteiger partial charge in [-0.2, -0.15) is 5.10 Å². The molecule has 24 heavy (non-hydrogen) atoms. The number of aryl methyl sites for hydroxylation is 1. The van der Waals surface area contributed by atoms with Gasteiger partial charge in [0.15, 0.2) is 12.4 Å². The minimum Gasteiger partial charge on any atom is -0.484 e. The second kappa shape index (κ2) is 7.56. The minimum absolute atomic E-state index is 0.0818. The van der Waals surface area contributed by atoms with Crippen molar-refractivity contribution in [2.75, 3.05) is 18.5 Å². The molecule has 3 aromatic rings. The van der Waals surface area contributed by atoms with Gasteiger partial charge in [0.2, 0.25) is 0 Å². The highest BCUT2D eigenvalue weighted by atomic mass is 16.5. The molecule has 0 atom stereocenters. The lowest BCUT2D eigenvalue weighted by atomic mass is 10.1. The predicted molar refractivity (Wildman–Crippen MR) is 91.8 cm³/mol. The van der Waals surface area contributed by atoms with Crippen molar-refractivity contribution < 1.29 is 9.53 Å². The van der Waals surface area contributed by atoms with Gasteiger partial charge in [-0.15, -0.1) is 0 Å². The van der Waals surface area contributed by atoms with Crippen LogP contribution >= 0.6 is 0 Å². The van der Waals surface area contributed by atoms with Crippen LogP contribution in [0.4, 0.5) is 5.82 Å². The molecule has 0 fully saturated rings. The summed E-state index contributed by atoms with van der Waals surface area (Å²) >= 11 is 0. The number of amides is 1. The highest BCUT2D eigenvalue weighted by Crippen LogP contribution is 2.18. The molecule has 3 rings (SSSR count). The van der Waals surface area contributed by atoms with Crippen LogP contribution in [0.15, 0.2) is 42.7 Å². The van der Waals surface area contributed by atoms with Gasteiger partial charge < -0.3 is 15.8 Å². The van der Waals surface area contributed by atoms with Gasteiger partial charge in [-0.05, 0) is 43.1 Å². The zero-order valence-electron chi connectivity index (χ0n) is 13.2. The maximum Gasteiger partial charge on any atom is 0.263 e. The Morgan fingerprint density at radius 2 is 2.08 bits per heavy atom. The largest absolute Gasteiger partial charge is 0.484 e. The van der Waals surface area contributed by atoms with Gasteiger partial charge in [0.05, 0.1) is 11.7 Å². The van der Waals surface area contributed by atoms with E-state index in [1.807, 2.05) is 24.3 Å². The summed E-state index contributed by atoms with van der Waals surface area (Å²) in [5.74, 6) is 0.850. The summed E-state index contributed by atoms with van der Waals surface area (Å²) in [4.78, 5) is 16.0. The zero-order valence-corrected chi connectivity index (χ0v) is 13.2. The summed E-state index contributed by atoms with van der Waals surface area (Å²) in [5.41, 5.74) is 7.47. The molecule has 7 heteroatoms. The van der Waals surface area contributed by atoms with Gasteiger partial charge in [-0.25, -0.2) is 0 Å². The Morgan fingerprint density at radius 3 is 2.88 bits per heavy atom. The Bertz CT molecular complexity index is 813. The van der Waals surface area contributed by atoms with Crippen LogP contribution < -0.4 is 15.8 Å². The van der Waals surface area contributed by atoms with E-state index in [-0.39, 0.29) is 12.5 Å². The minimum atomic E-state index is -0.271. The summed E-state index contributed by atoms with van der Waals surface area (Å²) in [6.07, 6.45) is 5.20. The average molecular weight is 325 g/mol. The van der Waals surface area contributed by atoms with Crippen molar-refractivity contribution in [2.45, 2.75) is 12.8 Å². The second-order valence-corrected chi connectivity index (χ2v) is 5.37. The van der Waals surface area contributed by atoms with Crippen LogP contribution in [0.2, 0.25) is 0 Å². The number of hydrogen-bond donors (Lipinski definition) is 3. The number of pyridine rings is 1. The molecule has 0 aliphatic rings. The van der Waals surface area contributed by atoms with Crippen molar-refractivity contribution in [3.05, 3.63) is 48.3 Å². The third-order valence-electron chi connectivity index (χ3n) is 3.59. The molecule has 0 saturated carbocycles. The van der Waals surface area contributed by atoms with Crippen LogP contribution in [0.1, 0.15) is 12.0 Å². The molecule has 0 unspecified atom stereocenters.